The fraction of sp³-hybridized carbons (Fsp3) is 0. The van der Waals surface area contributed by atoms with Gasteiger partial charge in [-0.3, -0.25) is 10.1 Å². The Bertz CT molecular complexity index is 933. The van der Waals surface area contributed by atoms with Gasteiger partial charge in [-0.1, -0.05) is 48.0 Å². The van der Waals surface area contributed by atoms with E-state index in [0.29, 0.717) is 10.6 Å². The van der Waals surface area contributed by atoms with E-state index >= 15 is 0 Å². The van der Waals surface area contributed by atoms with Crippen LogP contribution in [0.15, 0.2) is 76.4 Å². The summed E-state index contributed by atoms with van der Waals surface area (Å²) in [7, 11) is 0. The molecule has 0 aromatic heterocycles. The van der Waals surface area contributed by atoms with E-state index in [2.05, 4.69) is 4.99 Å². The molecule has 3 rings (SSSR count). The fourth-order valence-electron chi connectivity index (χ4n) is 2.17. The normalized spacial score (nSPS) is 15.9. The molecule has 124 valence electrons. The first-order valence-electron chi connectivity index (χ1n) is 7.22. The lowest BCUT2D eigenvalue weighted by Gasteiger charge is -1.98. The van der Waals surface area contributed by atoms with Crippen LogP contribution in [-0.2, 0) is 9.53 Å². The largest absolute Gasteiger partial charge is 0.402 e. The molecular formula is C18H11ClN2O4. The number of hydrogen-bond donors (Lipinski definition) is 0. The summed E-state index contributed by atoms with van der Waals surface area (Å²) in [6, 6.07) is 15.0. The average Bonchev–Trinajstić information content (AvgIpc) is 2.96. The van der Waals surface area contributed by atoms with Crippen molar-refractivity contribution in [2.45, 2.75) is 0 Å². The van der Waals surface area contributed by atoms with Gasteiger partial charge < -0.3 is 4.74 Å². The minimum absolute atomic E-state index is 0.00382. The Balaban J connectivity index is 1.88. The summed E-state index contributed by atoms with van der Waals surface area (Å²) in [5.41, 5.74) is 1.13. The summed E-state index contributed by atoms with van der Waals surface area (Å²) in [5.74, 6) is -0.662. The quantitative estimate of drug-likeness (QED) is 0.359. The molecule has 0 spiro atoms. The molecule has 0 atom stereocenters. The number of hydrogen-bond acceptors (Lipinski definition) is 5. The maximum atomic E-state index is 11.9. The van der Waals surface area contributed by atoms with Gasteiger partial charge in [0.1, 0.15) is 0 Å². The number of nitro benzene ring substituents is 1. The Morgan fingerprint density at radius 1 is 1.16 bits per heavy atom. The molecule has 0 saturated heterocycles. The highest BCUT2D eigenvalue weighted by atomic mass is 35.5. The van der Waals surface area contributed by atoms with Crippen molar-refractivity contribution in [1.82, 2.24) is 0 Å². The molecule has 0 aliphatic carbocycles. The van der Waals surface area contributed by atoms with E-state index in [9.17, 15) is 14.9 Å². The van der Waals surface area contributed by atoms with E-state index in [-0.39, 0.29) is 17.3 Å². The molecule has 1 heterocycles. The number of carbonyl (C=O) groups excluding carboxylic acids is 1. The van der Waals surface area contributed by atoms with E-state index in [4.69, 9.17) is 16.3 Å². The molecule has 0 amide bonds. The van der Waals surface area contributed by atoms with Gasteiger partial charge in [0.05, 0.1) is 4.92 Å². The molecule has 0 radical (unpaired) electrons. The zero-order valence-electron chi connectivity index (χ0n) is 12.8. The molecule has 0 fully saturated rings. The monoisotopic (exact) mass is 354 g/mol. The summed E-state index contributed by atoms with van der Waals surface area (Å²) in [6.45, 7) is 0. The molecule has 0 bridgehead atoms. The number of allylic oxidation sites excluding steroid dienone is 2. The van der Waals surface area contributed by atoms with Gasteiger partial charge in [-0.25, -0.2) is 9.79 Å². The van der Waals surface area contributed by atoms with Crippen LogP contribution in [0.5, 0.6) is 0 Å². The number of nitro groups is 1. The predicted octanol–water partition coefficient (Wildman–Crippen LogP) is 4.06. The molecule has 25 heavy (non-hydrogen) atoms. The van der Waals surface area contributed by atoms with Crippen LogP contribution in [0.4, 0.5) is 5.69 Å². The van der Waals surface area contributed by atoms with Crippen molar-refractivity contribution in [3.8, 4) is 0 Å². The number of cyclic esters (lactones) is 1. The summed E-state index contributed by atoms with van der Waals surface area (Å²) < 4.78 is 5.08. The van der Waals surface area contributed by atoms with Gasteiger partial charge in [-0.15, -0.1) is 0 Å². The Kier molecular flexibility index (Phi) is 4.72. The number of non-ortho nitro benzene ring substituents is 1. The number of aliphatic imine (C=N–C) groups is 1. The predicted molar refractivity (Wildman–Crippen MR) is 94.1 cm³/mol. The lowest BCUT2D eigenvalue weighted by Crippen LogP contribution is -2.05. The number of halogens is 1. The van der Waals surface area contributed by atoms with Gasteiger partial charge >= 0.3 is 5.97 Å². The first kappa shape index (κ1) is 16.6. The Morgan fingerprint density at radius 3 is 2.64 bits per heavy atom. The standard InChI is InChI=1S/C18H11ClN2O4/c19-14(9-12-5-2-1-3-6-12)11-16-18(22)25-17(20-16)13-7-4-8-15(10-13)21(23)24/h1-11H. The zero-order valence-corrected chi connectivity index (χ0v) is 13.5. The number of nitrogens with zero attached hydrogens (tertiary/aromatic N) is 2. The second-order valence-corrected chi connectivity index (χ2v) is 5.52. The van der Waals surface area contributed by atoms with Crippen LogP contribution < -0.4 is 0 Å². The smallest absolute Gasteiger partial charge is 0.363 e. The minimum atomic E-state index is -0.666. The number of rotatable bonds is 4. The van der Waals surface area contributed by atoms with Gasteiger partial charge in [0.15, 0.2) is 5.70 Å². The molecule has 0 saturated carbocycles. The highest BCUT2D eigenvalue weighted by Gasteiger charge is 2.25. The third-order valence-corrected chi connectivity index (χ3v) is 3.52. The van der Waals surface area contributed by atoms with Crippen molar-refractivity contribution in [1.29, 1.82) is 0 Å². The van der Waals surface area contributed by atoms with E-state index in [0.717, 1.165) is 5.56 Å². The molecular weight excluding hydrogens is 344 g/mol. The van der Waals surface area contributed by atoms with Crippen LogP contribution in [0.1, 0.15) is 11.1 Å². The van der Waals surface area contributed by atoms with Gasteiger partial charge in [-0.05, 0) is 23.8 Å². The third kappa shape index (κ3) is 3.99. The van der Waals surface area contributed by atoms with Crippen molar-refractivity contribution >= 4 is 35.2 Å². The molecule has 1 aliphatic heterocycles. The number of carbonyl (C=O) groups is 1. The van der Waals surface area contributed by atoms with Crippen LogP contribution in [0.3, 0.4) is 0 Å². The second-order valence-electron chi connectivity index (χ2n) is 5.08. The van der Waals surface area contributed by atoms with Crippen molar-refractivity contribution in [2.24, 2.45) is 4.99 Å². The summed E-state index contributed by atoms with van der Waals surface area (Å²) in [6.07, 6.45) is 3.07. The van der Waals surface area contributed by atoms with E-state index in [1.807, 2.05) is 30.3 Å². The highest BCUT2D eigenvalue weighted by molar-refractivity contribution is 6.33. The lowest BCUT2D eigenvalue weighted by molar-refractivity contribution is -0.384. The maximum absolute atomic E-state index is 11.9. The second kappa shape index (κ2) is 7.11. The van der Waals surface area contributed by atoms with Crippen molar-refractivity contribution in [3.63, 3.8) is 0 Å². The van der Waals surface area contributed by atoms with Gasteiger partial charge in [-0.2, -0.15) is 0 Å². The topological polar surface area (TPSA) is 81.8 Å². The van der Waals surface area contributed by atoms with E-state index in [1.165, 1.54) is 24.3 Å². The molecule has 2 aromatic carbocycles. The van der Waals surface area contributed by atoms with Gasteiger partial charge in [0.2, 0.25) is 5.90 Å². The number of benzene rings is 2. The molecule has 2 aromatic rings. The van der Waals surface area contributed by atoms with Crippen molar-refractivity contribution < 1.29 is 14.5 Å². The van der Waals surface area contributed by atoms with Crippen LogP contribution in [0.25, 0.3) is 6.08 Å². The lowest BCUT2D eigenvalue weighted by atomic mass is 10.2. The Morgan fingerprint density at radius 2 is 1.92 bits per heavy atom. The van der Waals surface area contributed by atoms with Gasteiger partial charge in [0.25, 0.3) is 5.69 Å². The Hall–Kier alpha value is -3.25. The minimum Gasteiger partial charge on any atom is -0.402 e. The first-order valence-corrected chi connectivity index (χ1v) is 7.60. The maximum Gasteiger partial charge on any atom is 0.363 e. The molecule has 0 N–H and O–H groups in total. The summed E-state index contributed by atoms with van der Waals surface area (Å²) in [5, 5.41) is 11.1. The van der Waals surface area contributed by atoms with Crippen LogP contribution >= 0.6 is 11.6 Å². The summed E-state index contributed by atoms with van der Waals surface area (Å²) in [4.78, 5) is 26.3. The number of ether oxygens (including phenoxy) is 1. The summed E-state index contributed by atoms with van der Waals surface area (Å²) >= 11 is 6.14. The SMILES string of the molecule is O=C1OC(c2cccc([N+](=O)[O-])c2)=NC1=CC(Cl)=Cc1ccccc1. The van der Waals surface area contributed by atoms with Gasteiger partial charge in [0, 0.05) is 22.7 Å². The van der Waals surface area contributed by atoms with Crippen molar-refractivity contribution in [3.05, 3.63) is 92.6 Å². The average molecular weight is 355 g/mol. The van der Waals surface area contributed by atoms with E-state index < -0.39 is 10.9 Å². The van der Waals surface area contributed by atoms with Crippen molar-refractivity contribution in [2.75, 3.05) is 0 Å². The van der Waals surface area contributed by atoms with Crippen LogP contribution in [-0.4, -0.2) is 16.8 Å². The first-order chi connectivity index (χ1) is 12.0. The third-order valence-electron chi connectivity index (χ3n) is 3.30. The zero-order chi connectivity index (χ0) is 17.8. The number of esters is 1. The van der Waals surface area contributed by atoms with Crippen LogP contribution in [0, 0.1) is 10.1 Å². The Labute approximate surface area is 147 Å². The molecule has 0 unspecified atom stereocenters. The fourth-order valence-corrected chi connectivity index (χ4v) is 2.40. The molecule has 6 nitrogen and oxygen atoms in total. The molecule has 1 aliphatic rings. The van der Waals surface area contributed by atoms with E-state index in [1.54, 1.807) is 12.1 Å². The highest BCUT2D eigenvalue weighted by Crippen LogP contribution is 2.22. The molecule has 7 heteroatoms. The van der Waals surface area contributed by atoms with Crippen LogP contribution in [0.2, 0.25) is 0 Å².